The number of nitrogens with zero attached hydrogens (tertiary/aromatic N) is 2. The summed E-state index contributed by atoms with van der Waals surface area (Å²) in [6.45, 7) is 6.70. The molecule has 7 heteroatoms. The number of rotatable bonds is 5. The standard InChI is InChI=1S/C26H31F3N2O2/c1-25(2,3)14-23(32)31-16-21(19-11-8-12-20(13-19)26(27,28)29)22(17-31)24(33)30(4)15-18-9-6-5-7-10-18/h5-13,21-22H,14-17H2,1-4H3. The van der Waals surface area contributed by atoms with Crippen LogP contribution in [0.15, 0.2) is 54.6 Å². The summed E-state index contributed by atoms with van der Waals surface area (Å²) in [6, 6.07) is 14.6. The quantitative estimate of drug-likeness (QED) is 0.604. The molecule has 2 aromatic rings. The first-order valence-electron chi connectivity index (χ1n) is 11.1. The average molecular weight is 461 g/mol. The SMILES string of the molecule is CN(Cc1ccccc1)C(=O)C1CN(C(=O)CC(C)(C)C)CC1c1cccc(C(F)(F)F)c1. The van der Waals surface area contributed by atoms with Crippen LogP contribution >= 0.6 is 0 Å². The Morgan fingerprint density at radius 2 is 1.67 bits per heavy atom. The highest BCUT2D eigenvalue weighted by Crippen LogP contribution is 2.38. The van der Waals surface area contributed by atoms with E-state index in [1.165, 1.54) is 6.07 Å². The van der Waals surface area contributed by atoms with Gasteiger partial charge in [0, 0.05) is 39.0 Å². The molecule has 0 bridgehead atoms. The van der Waals surface area contributed by atoms with E-state index < -0.39 is 23.6 Å². The van der Waals surface area contributed by atoms with Crippen molar-refractivity contribution in [2.45, 2.75) is 45.8 Å². The number of alkyl halides is 3. The number of benzene rings is 2. The summed E-state index contributed by atoms with van der Waals surface area (Å²) in [4.78, 5) is 29.6. The second kappa shape index (κ2) is 9.57. The van der Waals surface area contributed by atoms with Gasteiger partial charge in [0.05, 0.1) is 11.5 Å². The van der Waals surface area contributed by atoms with E-state index in [1.54, 1.807) is 22.9 Å². The van der Waals surface area contributed by atoms with Crippen LogP contribution in [0.1, 0.15) is 49.8 Å². The smallest absolute Gasteiger partial charge is 0.341 e. The Labute approximate surface area is 193 Å². The van der Waals surface area contributed by atoms with Gasteiger partial charge in [-0.25, -0.2) is 0 Å². The molecule has 0 spiro atoms. The van der Waals surface area contributed by atoms with Crippen molar-refractivity contribution >= 4 is 11.8 Å². The van der Waals surface area contributed by atoms with Crippen molar-refractivity contribution in [1.29, 1.82) is 0 Å². The van der Waals surface area contributed by atoms with Crippen LogP contribution in [-0.4, -0.2) is 41.8 Å². The molecule has 2 amide bonds. The van der Waals surface area contributed by atoms with E-state index in [-0.39, 0.29) is 30.3 Å². The van der Waals surface area contributed by atoms with Crippen molar-refractivity contribution in [3.63, 3.8) is 0 Å². The highest BCUT2D eigenvalue weighted by atomic mass is 19.4. The summed E-state index contributed by atoms with van der Waals surface area (Å²) >= 11 is 0. The van der Waals surface area contributed by atoms with Crippen molar-refractivity contribution < 1.29 is 22.8 Å². The molecule has 4 nitrogen and oxygen atoms in total. The summed E-state index contributed by atoms with van der Waals surface area (Å²) in [7, 11) is 1.69. The van der Waals surface area contributed by atoms with Crippen molar-refractivity contribution in [3.05, 3.63) is 71.3 Å². The lowest BCUT2D eigenvalue weighted by atomic mass is 9.87. The maximum atomic E-state index is 13.4. The second-order valence-electron chi connectivity index (χ2n) is 10.1. The average Bonchev–Trinajstić information content (AvgIpc) is 3.18. The highest BCUT2D eigenvalue weighted by molar-refractivity contribution is 5.83. The Balaban J connectivity index is 1.88. The molecule has 1 aliphatic rings. The Kier molecular flexibility index (Phi) is 7.20. The molecule has 0 saturated carbocycles. The third-order valence-electron chi connectivity index (χ3n) is 5.95. The molecule has 2 unspecified atom stereocenters. The van der Waals surface area contributed by atoms with Gasteiger partial charge in [0.1, 0.15) is 0 Å². The van der Waals surface area contributed by atoms with Crippen LogP contribution in [0.2, 0.25) is 0 Å². The Hall–Kier alpha value is -2.83. The molecular formula is C26H31F3N2O2. The van der Waals surface area contributed by atoms with Crippen LogP contribution < -0.4 is 0 Å². The summed E-state index contributed by atoms with van der Waals surface area (Å²) < 4.78 is 40.0. The number of amides is 2. The third-order valence-corrected chi connectivity index (χ3v) is 5.95. The van der Waals surface area contributed by atoms with Gasteiger partial charge in [-0.1, -0.05) is 69.3 Å². The van der Waals surface area contributed by atoms with E-state index in [0.29, 0.717) is 18.5 Å². The maximum Gasteiger partial charge on any atom is 0.416 e. The van der Waals surface area contributed by atoms with Crippen LogP contribution in [0.3, 0.4) is 0 Å². The fourth-order valence-electron chi connectivity index (χ4n) is 4.32. The van der Waals surface area contributed by atoms with Crippen LogP contribution in [-0.2, 0) is 22.3 Å². The molecule has 0 N–H and O–H groups in total. The van der Waals surface area contributed by atoms with E-state index in [0.717, 1.165) is 17.7 Å². The highest BCUT2D eigenvalue weighted by Gasteiger charge is 2.42. The van der Waals surface area contributed by atoms with Gasteiger partial charge in [0.2, 0.25) is 11.8 Å². The summed E-state index contributed by atoms with van der Waals surface area (Å²) in [5.41, 5.74) is 0.419. The largest absolute Gasteiger partial charge is 0.416 e. The first-order valence-corrected chi connectivity index (χ1v) is 11.1. The molecule has 1 fully saturated rings. The topological polar surface area (TPSA) is 40.6 Å². The summed E-state index contributed by atoms with van der Waals surface area (Å²) in [6.07, 6.45) is -4.16. The molecule has 0 aromatic heterocycles. The maximum absolute atomic E-state index is 13.4. The number of halogens is 3. The zero-order chi connectivity index (χ0) is 24.4. The van der Waals surface area contributed by atoms with Crippen LogP contribution in [0.4, 0.5) is 13.2 Å². The predicted octanol–water partition coefficient (Wildman–Crippen LogP) is 5.34. The molecule has 2 atom stereocenters. The van der Waals surface area contributed by atoms with Crippen molar-refractivity contribution in [2.24, 2.45) is 11.3 Å². The van der Waals surface area contributed by atoms with Crippen molar-refractivity contribution in [1.82, 2.24) is 9.80 Å². The zero-order valence-corrected chi connectivity index (χ0v) is 19.5. The van der Waals surface area contributed by atoms with Crippen molar-refractivity contribution in [3.8, 4) is 0 Å². The van der Waals surface area contributed by atoms with Gasteiger partial charge in [-0.05, 0) is 22.6 Å². The molecular weight excluding hydrogens is 429 g/mol. The van der Waals surface area contributed by atoms with Gasteiger partial charge >= 0.3 is 6.18 Å². The van der Waals surface area contributed by atoms with E-state index in [9.17, 15) is 22.8 Å². The van der Waals surface area contributed by atoms with Crippen molar-refractivity contribution in [2.75, 3.05) is 20.1 Å². The van der Waals surface area contributed by atoms with Crippen LogP contribution in [0, 0.1) is 11.3 Å². The second-order valence-corrected chi connectivity index (χ2v) is 10.1. The third kappa shape index (κ3) is 6.36. The van der Waals surface area contributed by atoms with Gasteiger partial charge in [0.15, 0.2) is 0 Å². The van der Waals surface area contributed by atoms with Gasteiger partial charge < -0.3 is 9.80 Å². The number of carbonyl (C=O) groups is 2. The monoisotopic (exact) mass is 460 g/mol. The number of hydrogen-bond acceptors (Lipinski definition) is 2. The van der Waals surface area contributed by atoms with Gasteiger partial charge in [0.25, 0.3) is 0 Å². The van der Waals surface area contributed by atoms with Crippen LogP contribution in [0.25, 0.3) is 0 Å². The van der Waals surface area contributed by atoms with Gasteiger partial charge in [-0.2, -0.15) is 13.2 Å². The molecule has 178 valence electrons. The Bertz CT molecular complexity index is 983. The Morgan fingerprint density at radius 1 is 1.00 bits per heavy atom. The first kappa shape index (κ1) is 24.8. The minimum absolute atomic E-state index is 0.0829. The van der Waals surface area contributed by atoms with E-state index in [4.69, 9.17) is 0 Å². The molecule has 3 rings (SSSR count). The van der Waals surface area contributed by atoms with E-state index in [2.05, 4.69) is 0 Å². The predicted molar refractivity (Wildman–Crippen MR) is 121 cm³/mol. The molecule has 0 radical (unpaired) electrons. The molecule has 1 heterocycles. The number of hydrogen-bond donors (Lipinski definition) is 0. The number of likely N-dealkylation sites (tertiary alicyclic amines) is 1. The molecule has 0 aliphatic carbocycles. The molecule has 33 heavy (non-hydrogen) atoms. The lowest BCUT2D eigenvalue weighted by molar-refractivity contribution is -0.138. The summed E-state index contributed by atoms with van der Waals surface area (Å²) in [5, 5.41) is 0. The minimum Gasteiger partial charge on any atom is -0.341 e. The zero-order valence-electron chi connectivity index (χ0n) is 19.5. The fourth-order valence-corrected chi connectivity index (χ4v) is 4.32. The molecule has 1 aliphatic heterocycles. The Morgan fingerprint density at radius 3 is 2.27 bits per heavy atom. The molecule has 1 saturated heterocycles. The normalized spacial score (nSPS) is 18.9. The summed E-state index contributed by atoms with van der Waals surface area (Å²) in [5.74, 6) is -1.36. The first-order chi connectivity index (χ1) is 15.3. The lowest BCUT2D eigenvalue weighted by Crippen LogP contribution is -2.37. The van der Waals surface area contributed by atoms with E-state index >= 15 is 0 Å². The van der Waals surface area contributed by atoms with E-state index in [1.807, 2.05) is 51.1 Å². The number of carbonyl (C=O) groups excluding carboxylic acids is 2. The van der Waals surface area contributed by atoms with Gasteiger partial charge in [-0.3, -0.25) is 9.59 Å². The lowest BCUT2D eigenvalue weighted by Gasteiger charge is -2.25. The molecule has 2 aromatic carbocycles. The van der Waals surface area contributed by atoms with Gasteiger partial charge in [-0.15, -0.1) is 0 Å². The minimum atomic E-state index is -4.47. The fraction of sp³-hybridized carbons (Fsp3) is 0.462. The van der Waals surface area contributed by atoms with Crippen LogP contribution in [0.5, 0.6) is 0 Å².